The molecule has 4 aromatic rings. The highest BCUT2D eigenvalue weighted by molar-refractivity contribution is 9.10. The molecule has 0 aliphatic carbocycles. The Balaban J connectivity index is 1.47. The predicted octanol–water partition coefficient (Wildman–Crippen LogP) is 5.19. The van der Waals surface area contributed by atoms with E-state index in [2.05, 4.69) is 20.9 Å². The van der Waals surface area contributed by atoms with E-state index >= 15 is 0 Å². The number of ether oxygens (including phenoxy) is 2. The summed E-state index contributed by atoms with van der Waals surface area (Å²) in [5.74, 6) is -0.469. The van der Waals surface area contributed by atoms with Gasteiger partial charge in [0.1, 0.15) is 18.2 Å². The van der Waals surface area contributed by atoms with Crippen LogP contribution < -0.4 is 19.6 Å². The summed E-state index contributed by atoms with van der Waals surface area (Å²) in [5, 5.41) is 10.9. The van der Waals surface area contributed by atoms with Gasteiger partial charge in [-0.25, -0.2) is 14.2 Å². The highest BCUT2D eigenvalue weighted by atomic mass is 79.9. The summed E-state index contributed by atoms with van der Waals surface area (Å²) in [4.78, 5) is 42.0. The average molecular weight is 652 g/mol. The van der Waals surface area contributed by atoms with E-state index in [-0.39, 0.29) is 30.0 Å². The Bertz CT molecular complexity index is 1900. The summed E-state index contributed by atoms with van der Waals surface area (Å²) in [6, 6.07) is 16.3. The summed E-state index contributed by atoms with van der Waals surface area (Å²) in [5.41, 5.74) is 2.34. The summed E-state index contributed by atoms with van der Waals surface area (Å²) >= 11 is 4.69. The topological polar surface area (TPSA) is 113 Å². The van der Waals surface area contributed by atoms with Crippen molar-refractivity contribution < 1.29 is 23.6 Å². The van der Waals surface area contributed by atoms with Crippen molar-refractivity contribution in [3.63, 3.8) is 0 Å². The molecular formula is C30H23BrFN3O6S. The lowest BCUT2D eigenvalue weighted by atomic mass is 9.96. The lowest BCUT2D eigenvalue weighted by Crippen LogP contribution is -2.39. The molecule has 0 fully saturated rings. The minimum absolute atomic E-state index is 0.00540. The lowest BCUT2D eigenvalue weighted by Gasteiger charge is -2.24. The van der Waals surface area contributed by atoms with E-state index < -0.39 is 22.8 Å². The molecule has 0 unspecified atom stereocenters. The molecule has 1 aliphatic heterocycles. The minimum atomic E-state index is -0.829. The van der Waals surface area contributed by atoms with Crippen LogP contribution in [-0.4, -0.2) is 22.1 Å². The second-order valence-corrected chi connectivity index (χ2v) is 11.1. The molecule has 1 aromatic heterocycles. The summed E-state index contributed by atoms with van der Waals surface area (Å²) in [7, 11) is 0. The van der Waals surface area contributed by atoms with Crippen LogP contribution in [0, 0.1) is 15.9 Å². The Kier molecular flexibility index (Phi) is 8.46. The van der Waals surface area contributed by atoms with Crippen molar-refractivity contribution in [1.29, 1.82) is 0 Å². The molecule has 1 atom stereocenters. The smallest absolute Gasteiger partial charge is 0.338 e. The van der Waals surface area contributed by atoms with Gasteiger partial charge < -0.3 is 9.47 Å². The van der Waals surface area contributed by atoms with E-state index in [0.29, 0.717) is 30.8 Å². The van der Waals surface area contributed by atoms with Crippen LogP contribution in [0.25, 0.3) is 6.08 Å². The predicted molar refractivity (Wildman–Crippen MR) is 158 cm³/mol. The number of nitro benzene ring substituents is 1. The van der Waals surface area contributed by atoms with Gasteiger partial charge in [0, 0.05) is 12.1 Å². The number of halogens is 2. The number of hydrogen-bond donors (Lipinski definition) is 0. The zero-order chi connectivity index (χ0) is 30.0. The van der Waals surface area contributed by atoms with Gasteiger partial charge in [-0.05, 0) is 88.9 Å². The van der Waals surface area contributed by atoms with E-state index in [1.807, 2.05) is 0 Å². The number of allylic oxidation sites excluding steroid dienone is 1. The van der Waals surface area contributed by atoms with Crippen LogP contribution in [0.5, 0.6) is 5.75 Å². The van der Waals surface area contributed by atoms with Crippen LogP contribution in [0.3, 0.4) is 0 Å². The number of benzene rings is 3. The number of non-ortho nitro benzene ring substituents is 1. The first kappa shape index (κ1) is 29.1. The molecule has 2 heterocycles. The fourth-order valence-electron chi connectivity index (χ4n) is 4.50. The number of fused-ring (bicyclic) bond motifs is 1. The second-order valence-electron chi connectivity index (χ2n) is 9.26. The van der Waals surface area contributed by atoms with Gasteiger partial charge in [0.15, 0.2) is 4.80 Å². The number of hydrogen-bond acceptors (Lipinski definition) is 8. The fraction of sp³-hybridized carbons (Fsp3) is 0.167. The zero-order valence-corrected chi connectivity index (χ0v) is 24.8. The van der Waals surface area contributed by atoms with Crippen LogP contribution >= 0.6 is 27.3 Å². The highest BCUT2D eigenvalue weighted by Gasteiger charge is 2.33. The van der Waals surface area contributed by atoms with Crippen molar-refractivity contribution in [3.05, 3.63) is 135 Å². The Hall–Kier alpha value is -4.42. The molecule has 0 amide bonds. The Morgan fingerprint density at radius 1 is 1.17 bits per heavy atom. The first-order valence-electron chi connectivity index (χ1n) is 12.8. The normalized spacial score (nSPS) is 14.8. The van der Waals surface area contributed by atoms with Gasteiger partial charge in [0.2, 0.25) is 0 Å². The third-order valence-corrected chi connectivity index (χ3v) is 8.10. The van der Waals surface area contributed by atoms with Gasteiger partial charge >= 0.3 is 5.97 Å². The Labute approximate surface area is 251 Å². The number of nitrogens with zero attached hydrogens (tertiary/aromatic N) is 3. The molecule has 0 spiro atoms. The summed E-state index contributed by atoms with van der Waals surface area (Å²) in [6.07, 6.45) is 1.72. The first-order valence-corrected chi connectivity index (χ1v) is 14.4. The van der Waals surface area contributed by atoms with Crippen molar-refractivity contribution in [2.75, 3.05) is 6.61 Å². The maximum atomic E-state index is 13.7. The average Bonchev–Trinajstić information content (AvgIpc) is 3.26. The standard InChI is InChI=1S/C30H23BrFN3O6S/c1-3-40-29(37)26-17(2)33-30-34(27(26)20-7-9-21(32)10-8-20)28(36)25(42-30)15-19-6-13-24(23(31)14-19)41-16-18-4-11-22(12-5-18)35(38)39/h4-15,27H,3,16H2,1-2H3/b25-15-/t27-/m0/s1. The third kappa shape index (κ3) is 5.95. The number of carbonyl (C=O) groups excluding carboxylic acids is 1. The second kappa shape index (κ2) is 12.2. The molecule has 0 radical (unpaired) electrons. The number of aromatic nitrogens is 1. The molecule has 5 rings (SSSR count). The number of esters is 1. The Morgan fingerprint density at radius 3 is 2.52 bits per heavy atom. The van der Waals surface area contributed by atoms with Crippen molar-refractivity contribution >= 4 is 45.0 Å². The van der Waals surface area contributed by atoms with E-state index in [1.165, 1.54) is 40.2 Å². The molecule has 214 valence electrons. The molecule has 0 bridgehead atoms. The van der Waals surface area contributed by atoms with Gasteiger partial charge in [-0.15, -0.1) is 0 Å². The molecule has 0 saturated heterocycles. The number of carbonyl (C=O) groups is 1. The van der Waals surface area contributed by atoms with Crippen molar-refractivity contribution in [1.82, 2.24) is 4.57 Å². The summed E-state index contributed by atoms with van der Waals surface area (Å²) in [6.45, 7) is 3.74. The molecule has 1 aliphatic rings. The van der Waals surface area contributed by atoms with E-state index in [9.17, 15) is 24.1 Å². The Morgan fingerprint density at radius 2 is 1.88 bits per heavy atom. The highest BCUT2D eigenvalue weighted by Crippen LogP contribution is 2.31. The maximum absolute atomic E-state index is 13.7. The maximum Gasteiger partial charge on any atom is 0.338 e. The van der Waals surface area contributed by atoms with E-state index in [1.54, 1.807) is 62.4 Å². The number of nitro groups is 1. The van der Waals surface area contributed by atoms with E-state index in [0.717, 1.165) is 11.1 Å². The van der Waals surface area contributed by atoms with Gasteiger partial charge in [-0.1, -0.05) is 29.5 Å². The minimum Gasteiger partial charge on any atom is -0.488 e. The largest absolute Gasteiger partial charge is 0.488 e. The van der Waals surface area contributed by atoms with Gasteiger partial charge in [-0.2, -0.15) is 0 Å². The van der Waals surface area contributed by atoms with Crippen LogP contribution in [0.15, 0.2) is 92.3 Å². The van der Waals surface area contributed by atoms with E-state index in [4.69, 9.17) is 9.47 Å². The zero-order valence-electron chi connectivity index (χ0n) is 22.4. The fourth-order valence-corrected chi connectivity index (χ4v) is 6.06. The van der Waals surface area contributed by atoms with Crippen LogP contribution in [0.4, 0.5) is 10.1 Å². The van der Waals surface area contributed by atoms with Crippen molar-refractivity contribution in [3.8, 4) is 5.75 Å². The molecule has 3 aromatic carbocycles. The van der Waals surface area contributed by atoms with Gasteiger partial charge in [0.25, 0.3) is 11.2 Å². The molecule has 0 saturated carbocycles. The SMILES string of the molecule is CCOC(=O)C1=C(C)N=c2s/c(=C\c3ccc(OCc4ccc([N+](=O)[O-])cc4)c(Br)c3)c(=O)n2[C@H]1c1ccc(F)cc1. The van der Waals surface area contributed by atoms with Crippen molar-refractivity contribution in [2.45, 2.75) is 26.5 Å². The molecule has 42 heavy (non-hydrogen) atoms. The number of thiazole rings is 1. The monoisotopic (exact) mass is 651 g/mol. The summed E-state index contributed by atoms with van der Waals surface area (Å²) < 4.78 is 27.4. The van der Waals surface area contributed by atoms with Crippen LogP contribution in [0.1, 0.15) is 36.6 Å². The molecule has 0 N–H and O–H groups in total. The molecule has 9 nitrogen and oxygen atoms in total. The van der Waals surface area contributed by atoms with Gasteiger partial charge in [-0.3, -0.25) is 19.5 Å². The number of rotatable bonds is 8. The molecular weight excluding hydrogens is 629 g/mol. The van der Waals surface area contributed by atoms with Gasteiger partial charge in [0.05, 0.1) is 37.8 Å². The molecule has 12 heteroatoms. The van der Waals surface area contributed by atoms with Crippen LogP contribution in [0.2, 0.25) is 0 Å². The quantitative estimate of drug-likeness (QED) is 0.147. The van der Waals surface area contributed by atoms with Crippen molar-refractivity contribution in [2.24, 2.45) is 4.99 Å². The first-order chi connectivity index (χ1) is 20.2. The van der Waals surface area contributed by atoms with Crippen LogP contribution in [-0.2, 0) is 16.1 Å². The third-order valence-electron chi connectivity index (χ3n) is 6.50. The lowest BCUT2D eigenvalue weighted by molar-refractivity contribution is -0.384.